The van der Waals surface area contributed by atoms with Crippen LogP contribution in [0.1, 0.15) is 31.2 Å². The number of hydrogen-bond donors (Lipinski definition) is 1. The maximum Gasteiger partial charge on any atom is 0.401 e. The Morgan fingerprint density at radius 1 is 1.42 bits per heavy atom. The maximum atomic E-state index is 12.7. The summed E-state index contributed by atoms with van der Waals surface area (Å²) in [5.74, 6) is 0. The van der Waals surface area contributed by atoms with E-state index < -0.39 is 18.8 Å². The summed E-state index contributed by atoms with van der Waals surface area (Å²) in [7, 11) is 0. The number of rotatable bonds is 6. The highest BCUT2D eigenvalue weighted by atomic mass is 79.9. The van der Waals surface area contributed by atoms with E-state index in [0.717, 1.165) is 9.35 Å². The van der Waals surface area contributed by atoms with Gasteiger partial charge in [-0.1, -0.05) is 13.8 Å². The summed E-state index contributed by atoms with van der Waals surface area (Å²) in [5, 5.41) is 1.87. The van der Waals surface area contributed by atoms with Crippen molar-refractivity contribution in [2.45, 2.75) is 38.5 Å². The van der Waals surface area contributed by atoms with Gasteiger partial charge in [-0.25, -0.2) is 0 Å². The third-order valence-corrected chi connectivity index (χ3v) is 4.70. The molecule has 1 heterocycles. The molecule has 0 aromatic carbocycles. The summed E-state index contributed by atoms with van der Waals surface area (Å²) in [4.78, 5) is 2.26. The van der Waals surface area contributed by atoms with Crippen LogP contribution in [0.15, 0.2) is 15.9 Å². The predicted molar refractivity (Wildman–Crippen MR) is 76.3 cm³/mol. The van der Waals surface area contributed by atoms with Crippen LogP contribution in [0.5, 0.6) is 0 Å². The van der Waals surface area contributed by atoms with Gasteiger partial charge in [0.1, 0.15) is 0 Å². The monoisotopic (exact) mass is 358 g/mol. The van der Waals surface area contributed by atoms with E-state index in [-0.39, 0.29) is 6.04 Å². The van der Waals surface area contributed by atoms with Crippen molar-refractivity contribution < 1.29 is 13.2 Å². The molecule has 110 valence electrons. The number of hydrogen-bond acceptors (Lipinski definition) is 3. The van der Waals surface area contributed by atoms with E-state index in [1.165, 1.54) is 16.2 Å². The lowest BCUT2D eigenvalue weighted by atomic mass is 10.0. The Kier molecular flexibility index (Phi) is 6.29. The van der Waals surface area contributed by atoms with Gasteiger partial charge in [-0.05, 0) is 35.0 Å². The Morgan fingerprint density at radius 2 is 2.05 bits per heavy atom. The van der Waals surface area contributed by atoms with Crippen LogP contribution in [0.25, 0.3) is 0 Å². The highest BCUT2D eigenvalue weighted by Gasteiger charge is 2.35. The molecular weight excluding hydrogens is 341 g/mol. The van der Waals surface area contributed by atoms with Crippen LogP contribution in [0.2, 0.25) is 0 Å². The zero-order valence-electron chi connectivity index (χ0n) is 10.9. The van der Waals surface area contributed by atoms with Crippen molar-refractivity contribution >= 4 is 27.3 Å². The van der Waals surface area contributed by atoms with Crippen molar-refractivity contribution in [3.63, 3.8) is 0 Å². The Balaban J connectivity index is 3.01. The van der Waals surface area contributed by atoms with Crippen molar-refractivity contribution in [1.29, 1.82) is 0 Å². The molecule has 0 saturated carbocycles. The largest absolute Gasteiger partial charge is 0.401 e. The van der Waals surface area contributed by atoms with Crippen LogP contribution >= 0.6 is 27.3 Å². The molecule has 0 radical (unpaired) electrons. The molecular formula is C12H18BrF3N2S. The second-order valence-electron chi connectivity index (χ2n) is 4.36. The molecule has 0 aliphatic rings. The molecule has 2 atom stereocenters. The minimum absolute atomic E-state index is 0.312. The summed E-state index contributed by atoms with van der Waals surface area (Å²) < 4.78 is 38.8. The van der Waals surface area contributed by atoms with Gasteiger partial charge in [-0.15, -0.1) is 11.3 Å². The summed E-state index contributed by atoms with van der Waals surface area (Å²) >= 11 is 4.77. The van der Waals surface area contributed by atoms with Crippen LogP contribution in [-0.4, -0.2) is 30.2 Å². The van der Waals surface area contributed by atoms with Crippen LogP contribution in [0.3, 0.4) is 0 Å². The van der Waals surface area contributed by atoms with Gasteiger partial charge in [-0.2, -0.15) is 13.2 Å². The zero-order valence-corrected chi connectivity index (χ0v) is 13.3. The Morgan fingerprint density at radius 3 is 2.42 bits per heavy atom. The van der Waals surface area contributed by atoms with Crippen LogP contribution in [0, 0.1) is 0 Å². The molecule has 7 heteroatoms. The van der Waals surface area contributed by atoms with Gasteiger partial charge >= 0.3 is 6.18 Å². The Labute approximate surface area is 123 Å². The quantitative estimate of drug-likeness (QED) is 0.826. The van der Waals surface area contributed by atoms with Gasteiger partial charge in [0.2, 0.25) is 0 Å². The van der Waals surface area contributed by atoms with Gasteiger partial charge in [-0.3, -0.25) is 4.90 Å². The fourth-order valence-corrected chi connectivity index (χ4v) is 3.66. The number of alkyl halides is 3. The number of halogens is 4. The zero-order chi connectivity index (χ0) is 14.6. The Bertz CT molecular complexity index is 395. The molecule has 19 heavy (non-hydrogen) atoms. The molecule has 2 unspecified atom stereocenters. The van der Waals surface area contributed by atoms with Gasteiger partial charge in [0.05, 0.1) is 12.6 Å². The maximum absolute atomic E-state index is 12.7. The lowest BCUT2D eigenvalue weighted by Crippen LogP contribution is -2.44. The van der Waals surface area contributed by atoms with E-state index in [9.17, 15) is 13.2 Å². The van der Waals surface area contributed by atoms with Crippen LogP contribution < -0.4 is 5.73 Å². The topological polar surface area (TPSA) is 29.3 Å². The second-order valence-corrected chi connectivity index (χ2v) is 6.22. The normalized spacial score (nSPS) is 15.8. The lowest BCUT2D eigenvalue weighted by Gasteiger charge is -2.34. The van der Waals surface area contributed by atoms with E-state index >= 15 is 0 Å². The molecule has 0 aliphatic heterocycles. The molecule has 0 amide bonds. The summed E-state index contributed by atoms with van der Waals surface area (Å²) in [5.41, 5.74) is 6.04. The third-order valence-electron chi connectivity index (χ3n) is 2.94. The average Bonchev–Trinajstić information content (AvgIpc) is 2.72. The number of nitrogens with zero attached hydrogens (tertiary/aromatic N) is 1. The van der Waals surface area contributed by atoms with Crippen molar-refractivity contribution in [2.24, 2.45) is 5.73 Å². The first-order valence-corrected chi connectivity index (χ1v) is 7.76. The lowest BCUT2D eigenvalue weighted by molar-refractivity contribution is -0.151. The van der Waals surface area contributed by atoms with Crippen molar-refractivity contribution in [3.8, 4) is 0 Å². The molecule has 1 rings (SSSR count). The fraction of sp³-hybridized carbons (Fsp3) is 0.667. The first kappa shape index (κ1) is 16.9. The van der Waals surface area contributed by atoms with Crippen molar-refractivity contribution in [3.05, 3.63) is 20.8 Å². The minimum atomic E-state index is -4.21. The van der Waals surface area contributed by atoms with Crippen molar-refractivity contribution in [1.82, 2.24) is 4.90 Å². The molecule has 0 saturated heterocycles. The smallest absolute Gasteiger partial charge is 0.326 e. The van der Waals surface area contributed by atoms with Gasteiger partial charge < -0.3 is 5.73 Å². The number of nitrogens with two attached hydrogens (primary N) is 1. The highest BCUT2D eigenvalue weighted by molar-refractivity contribution is 9.10. The SMILES string of the molecule is CCC(N)C(c1cc(Br)cs1)N(CC)CC(F)(F)F. The minimum Gasteiger partial charge on any atom is -0.326 e. The Hall–Kier alpha value is -0.110. The van der Waals surface area contributed by atoms with Gasteiger partial charge in [0.25, 0.3) is 0 Å². The molecule has 0 bridgehead atoms. The first-order valence-electron chi connectivity index (χ1n) is 6.08. The van der Waals surface area contributed by atoms with Gasteiger partial charge in [0.15, 0.2) is 0 Å². The van der Waals surface area contributed by atoms with Crippen LogP contribution in [-0.2, 0) is 0 Å². The predicted octanol–water partition coefficient (Wildman–Crippen LogP) is 4.17. The molecule has 2 N–H and O–H groups in total. The number of likely N-dealkylation sites (N-methyl/N-ethyl adjacent to an activating group) is 1. The fourth-order valence-electron chi connectivity index (χ4n) is 2.01. The average molecular weight is 359 g/mol. The summed E-state index contributed by atoms with van der Waals surface area (Å²) in [6.45, 7) is 3.00. The molecule has 1 aromatic heterocycles. The van der Waals surface area contributed by atoms with E-state index in [4.69, 9.17) is 5.73 Å². The second kappa shape index (κ2) is 7.06. The summed E-state index contributed by atoms with van der Waals surface area (Å²) in [6, 6.07) is 1.14. The molecule has 1 aromatic rings. The van der Waals surface area contributed by atoms with Gasteiger partial charge in [0, 0.05) is 20.8 Å². The standard InChI is InChI=1S/C12H18BrF3N2S/c1-3-9(17)11(10-5-8(13)6-19-10)18(4-2)7-12(14,15)16/h5-6,9,11H,3-4,7,17H2,1-2H3. The highest BCUT2D eigenvalue weighted by Crippen LogP contribution is 2.33. The molecule has 0 spiro atoms. The first-order chi connectivity index (χ1) is 8.78. The molecule has 0 aliphatic carbocycles. The molecule has 2 nitrogen and oxygen atoms in total. The molecule has 0 fully saturated rings. The van der Waals surface area contributed by atoms with E-state index in [1.807, 2.05) is 18.4 Å². The van der Waals surface area contributed by atoms with Crippen LogP contribution in [0.4, 0.5) is 13.2 Å². The third kappa shape index (κ3) is 5.06. The van der Waals surface area contributed by atoms with E-state index in [2.05, 4.69) is 15.9 Å². The van der Waals surface area contributed by atoms with E-state index in [1.54, 1.807) is 6.92 Å². The number of thiophene rings is 1. The van der Waals surface area contributed by atoms with E-state index in [0.29, 0.717) is 13.0 Å². The summed E-state index contributed by atoms with van der Waals surface area (Å²) in [6.07, 6.45) is -3.58. The van der Waals surface area contributed by atoms with Crippen molar-refractivity contribution in [2.75, 3.05) is 13.1 Å².